The molecule has 0 aliphatic rings. The molecule has 0 radical (unpaired) electrons. The lowest BCUT2D eigenvalue weighted by Gasteiger charge is -2.18. The fourth-order valence-corrected chi connectivity index (χ4v) is 1.48. The van der Waals surface area contributed by atoms with Crippen LogP contribution in [0.1, 0.15) is 11.6 Å². The van der Waals surface area contributed by atoms with Crippen molar-refractivity contribution in [1.29, 1.82) is 0 Å². The first-order valence-corrected chi connectivity index (χ1v) is 5.00. The van der Waals surface area contributed by atoms with E-state index in [4.69, 9.17) is 10.5 Å². The van der Waals surface area contributed by atoms with Crippen LogP contribution in [0.5, 0.6) is 5.75 Å². The first-order chi connectivity index (χ1) is 7.33. The zero-order valence-corrected chi connectivity index (χ0v) is 8.94. The summed E-state index contributed by atoms with van der Waals surface area (Å²) in [6, 6.07) is 7.51. The van der Waals surface area contributed by atoms with Crippen molar-refractivity contribution < 1.29 is 9.84 Å². The van der Waals surface area contributed by atoms with E-state index in [9.17, 15) is 5.11 Å². The summed E-state index contributed by atoms with van der Waals surface area (Å²) >= 11 is 0. The second-order valence-corrected chi connectivity index (χ2v) is 3.22. The molecule has 0 aromatic heterocycles. The Morgan fingerprint density at radius 2 is 2.20 bits per heavy atom. The highest BCUT2D eigenvalue weighted by Crippen LogP contribution is 2.24. The van der Waals surface area contributed by atoms with E-state index >= 15 is 0 Å². The summed E-state index contributed by atoms with van der Waals surface area (Å²) in [5.74, 6) is 0.779. The lowest BCUT2D eigenvalue weighted by molar-refractivity contribution is 0.242. The third-order valence-corrected chi connectivity index (χ3v) is 2.23. The molecule has 0 aliphatic heterocycles. The van der Waals surface area contributed by atoms with E-state index in [1.165, 1.54) is 0 Å². The minimum Gasteiger partial charge on any atom is -0.496 e. The van der Waals surface area contributed by atoms with Crippen LogP contribution in [0.4, 0.5) is 0 Å². The van der Waals surface area contributed by atoms with Gasteiger partial charge in [0, 0.05) is 18.7 Å². The van der Waals surface area contributed by atoms with Gasteiger partial charge >= 0.3 is 0 Å². The van der Waals surface area contributed by atoms with Crippen LogP contribution in [0.3, 0.4) is 0 Å². The smallest absolute Gasteiger partial charge is 0.123 e. The van der Waals surface area contributed by atoms with Gasteiger partial charge in [0.25, 0.3) is 0 Å². The minimum absolute atomic E-state index is 0.0281. The van der Waals surface area contributed by atoms with Crippen LogP contribution in [0.2, 0.25) is 0 Å². The highest BCUT2D eigenvalue weighted by molar-refractivity contribution is 5.35. The number of para-hydroxylation sites is 1. The fourth-order valence-electron chi connectivity index (χ4n) is 1.48. The van der Waals surface area contributed by atoms with E-state index in [-0.39, 0.29) is 12.6 Å². The Bertz CT molecular complexity index is 292. The molecule has 1 atom stereocenters. The molecule has 1 unspecified atom stereocenters. The van der Waals surface area contributed by atoms with Gasteiger partial charge < -0.3 is 20.9 Å². The maximum Gasteiger partial charge on any atom is 0.123 e. The van der Waals surface area contributed by atoms with Crippen molar-refractivity contribution in [3.63, 3.8) is 0 Å². The fraction of sp³-hybridized carbons (Fsp3) is 0.455. The van der Waals surface area contributed by atoms with Crippen LogP contribution < -0.4 is 15.8 Å². The van der Waals surface area contributed by atoms with Gasteiger partial charge in [0.15, 0.2) is 0 Å². The van der Waals surface area contributed by atoms with Crippen LogP contribution in [-0.2, 0) is 0 Å². The van der Waals surface area contributed by atoms with Crippen molar-refractivity contribution in [2.75, 3.05) is 26.8 Å². The molecule has 0 spiro atoms. The van der Waals surface area contributed by atoms with E-state index < -0.39 is 0 Å². The number of nitrogens with one attached hydrogen (secondary N) is 1. The number of methoxy groups -OCH3 is 1. The van der Waals surface area contributed by atoms with E-state index in [0.29, 0.717) is 13.1 Å². The first kappa shape index (κ1) is 12.0. The lowest BCUT2D eigenvalue weighted by atomic mass is 10.1. The van der Waals surface area contributed by atoms with Gasteiger partial charge in [-0.1, -0.05) is 18.2 Å². The Morgan fingerprint density at radius 1 is 1.47 bits per heavy atom. The van der Waals surface area contributed by atoms with E-state index in [1.54, 1.807) is 7.11 Å². The van der Waals surface area contributed by atoms with Crippen molar-refractivity contribution in [1.82, 2.24) is 5.32 Å². The van der Waals surface area contributed by atoms with Gasteiger partial charge in [0.2, 0.25) is 0 Å². The number of aliphatic hydroxyl groups excluding tert-OH is 1. The summed E-state index contributed by atoms with van der Waals surface area (Å²) in [5.41, 5.74) is 6.36. The number of hydrogen-bond acceptors (Lipinski definition) is 4. The average Bonchev–Trinajstić information content (AvgIpc) is 2.30. The Morgan fingerprint density at radius 3 is 2.80 bits per heavy atom. The monoisotopic (exact) mass is 210 g/mol. The third kappa shape index (κ3) is 3.20. The van der Waals surface area contributed by atoms with Gasteiger partial charge in [-0.25, -0.2) is 0 Å². The summed E-state index contributed by atoms with van der Waals surface area (Å²) in [6.45, 7) is 1.25. The zero-order chi connectivity index (χ0) is 11.1. The number of hydrogen-bond donors (Lipinski definition) is 3. The lowest BCUT2D eigenvalue weighted by Crippen LogP contribution is -2.29. The molecule has 0 saturated carbocycles. The second-order valence-electron chi connectivity index (χ2n) is 3.22. The Labute approximate surface area is 90.1 Å². The summed E-state index contributed by atoms with van der Waals surface area (Å²) in [6.07, 6.45) is 0. The van der Waals surface area contributed by atoms with Crippen molar-refractivity contribution in [2.24, 2.45) is 5.73 Å². The predicted molar refractivity (Wildman–Crippen MR) is 59.9 cm³/mol. The summed E-state index contributed by atoms with van der Waals surface area (Å²) in [5, 5.41) is 12.4. The standard InChI is InChI=1S/C11H18N2O2/c1-15-11-5-3-2-4-9(11)10(8-14)13-7-6-12/h2-5,10,13-14H,6-8,12H2,1H3. The van der Waals surface area contributed by atoms with Gasteiger partial charge in [-0.2, -0.15) is 0 Å². The van der Waals surface area contributed by atoms with Crippen molar-refractivity contribution >= 4 is 0 Å². The second kappa shape index (κ2) is 6.40. The predicted octanol–water partition coefficient (Wildman–Crippen LogP) is 0.277. The van der Waals surface area contributed by atoms with Gasteiger partial charge in [0.1, 0.15) is 5.75 Å². The Hall–Kier alpha value is -1.10. The van der Waals surface area contributed by atoms with Gasteiger partial charge in [-0.05, 0) is 6.07 Å². The van der Waals surface area contributed by atoms with Crippen molar-refractivity contribution in [3.8, 4) is 5.75 Å². The largest absolute Gasteiger partial charge is 0.496 e. The molecule has 0 bridgehead atoms. The third-order valence-electron chi connectivity index (χ3n) is 2.23. The molecule has 0 saturated heterocycles. The molecule has 4 heteroatoms. The maximum atomic E-state index is 9.27. The van der Waals surface area contributed by atoms with Gasteiger partial charge in [0.05, 0.1) is 19.8 Å². The Balaban J connectivity index is 2.80. The molecule has 0 fully saturated rings. The minimum atomic E-state index is -0.121. The van der Waals surface area contributed by atoms with Crippen LogP contribution in [0.25, 0.3) is 0 Å². The molecule has 4 N–H and O–H groups in total. The van der Waals surface area contributed by atoms with E-state index in [1.807, 2.05) is 24.3 Å². The number of nitrogens with two attached hydrogens (primary N) is 1. The van der Waals surface area contributed by atoms with Gasteiger partial charge in [-0.15, -0.1) is 0 Å². The molecular weight excluding hydrogens is 192 g/mol. The van der Waals surface area contributed by atoms with E-state index in [2.05, 4.69) is 5.32 Å². The topological polar surface area (TPSA) is 67.5 Å². The molecule has 4 nitrogen and oxygen atoms in total. The maximum absolute atomic E-state index is 9.27. The molecule has 1 aromatic rings. The van der Waals surface area contributed by atoms with Crippen LogP contribution >= 0.6 is 0 Å². The number of rotatable bonds is 6. The highest BCUT2D eigenvalue weighted by Gasteiger charge is 2.13. The van der Waals surface area contributed by atoms with Crippen LogP contribution in [0, 0.1) is 0 Å². The summed E-state index contributed by atoms with van der Waals surface area (Å²) < 4.78 is 5.23. The molecule has 15 heavy (non-hydrogen) atoms. The van der Waals surface area contributed by atoms with Crippen molar-refractivity contribution in [2.45, 2.75) is 6.04 Å². The quantitative estimate of drug-likeness (QED) is 0.631. The molecule has 1 aromatic carbocycles. The molecule has 0 aliphatic carbocycles. The number of aliphatic hydroxyl groups is 1. The average molecular weight is 210 g/mol. The molecule has 1 rings (SSSR count). The summed E-state index contributed by atoms with van der Waals surface area (Å²) in [4.78, 5) is 0. The highest BCUT2D eigenvalue weighted by atomic mass is 16.5. The molecular formula is C11H18N2O2. The SMILES string of the molecule is COc1ccccc1C(CO)NCCN. The molecule has 0 amide bonds. The zero-order valence-electron chi connectivity index (χ0n) is 8.94. The van der Waals surface area contributed by atoms with Crippen LogP contribution in [0.15, 0.2) is 24.3 Å². The van der Waals surface area contributed by atoms with E-state index in [0.717, 1.165) is 11.3 Å². The molecule has 0 heterocycles. The Kier molecular flexibility index (Phi) is 5.10. The van der Waals surface area contributed by atoms with Crippen LogP contribution in [-0.4, -0.2) is 31.9 Å². The summed E-state index contributed by atoms with van der Waals surface area (Å²) in [7, 11) is 1.62. The number of ether oxygens (including phenoxy) is 1. The number of benzene rings is 1. The first-order valence-electron chi connectivity index (χ1n) is 5.00. The van der Waals surface area contributed by atoms with Gasteiger partial charge in [-0.3, -0.25) is 0 Å². The molecule has 84 valence electrons. The normalized spacial score (nSPS) is 12.5. The van der Waals surface area contributed by atoms with Crippen molar-refractivity contribution in [3.05, 3.63) is 29.8 Å².